The van der Waals surface area contributed by atoms with E-state index in [1.807, 2.05) is 18.2 Å². The van der Waals surface area contributed by atoms with Gasteiger partial charge in [0.1, 0.15) is 23.2 Å². The van der Waals surface area contributed by atoms with E-state index in [9.17, 15) is 4.79 Å². The second-order valence-electron chi connectivity index (χ2n) is 9.45. The molecule has 2 N–H and O–H groups in total. The zero-order valence-corrected chi connectivity index (χ0v) is 19.6. The van der Waals surface area contributed by atoms with Crippen LogP contribution in [-0.4, -0.2) is 81.1 Å². The molecule has 1 aliphatic carbocycles. The summed E-state index contributed by atoms with van der Waals surface area (Å²) >= 11 is 0. The Labute approximate surface area is 201 Å². The second kappa shape index (κ2) is 8.42. The predicted octanol–water partition coefficient (Wildman–Crippen LogP) is 2.86. The van der Waals surface area contributed by atoms with Gasteiger partial charge < -0.3 is 29.4 Å². The topological polar surface area (TPSA) is 121 Å². The van der Waals surface area contributed by atoms with Crippen molar-refractivity contribution in [3.05, 3.63) is 36.7 Å². The van der Waals surface area contributed by atoms with Crippen LogP contribution in [0.2, 0.25) is 0 Å². The molecule has 0 bridgehead atoms. The van der Waals surface area contributed by atoms with Crippen LogP contribution in [0, 0.1) is 0 Å². The van der Waals surface area contributed by atoms with Crippen LogP contribution in [0.1, 0.15) is 19.3 Å². The minimum Gasteiger partial charge on any atom is -0.473 e. The van der Waals surface area contributed by atoms with Crippen molar-refractivity contribution in [1.29, 1.82) is 0 Å². The first-order valence-corrected chi connectivity index (χ1v) is 11.8. The van der Waals surface area contributed by atoms with E-state index in [0.717, 1.165) is 42.0 Å². The number of carboxylic acid groups (broad SMARTS) is 1. The monoisotopic (exact) mass is 477 g/mol. The van der Waals surface area contributed by atoms with Crippen molar-refractivity contribution in [2.75, 3.05) is 32.1 Å². The molecule has 35 heavy (non-hydrogen) atoms. The van der Waals surface area contributed by atoms with Crippen LogP contribution in [0.15, 0.2) is 41.1 Å². The van der Waals surface area contributed by atoms with Gasteiger partial charge in [0.15, 0.2) is 11.4 Å². The van der Waals surface area contributed by atoms with Crippen molar-refractivity contribution in [2.45, 2.75) is 37.5 Å². The van der Waals surface area contributed by atoms with Gasteiger partial charge in [-0.3, -0.25) is 0 Å². The largest absolute Gasteiger partial charge is 0.473 e. The number of ether oxygens (including phenoxy) is 1. The molecule has 5 heterocycles. The molecule has 1 amide bonds. The molecule has 6 rings (SSSR count). The lowest BCUT2D eigenvalue weighted by atomic mass is 9.89. The summed E-state index contributed by atoms with van der Waals surface area (Å²) in [5.41, 5.74) is 2.17. The van der Waals surface area contributed by atoms with Gasteiger partial charge >= 0.3 is 6.09 Å². The number of fused-ring (bicyclic) bond motifs is 2. The number of hydrogen-bond donors (Lipinski definition) is 2. The lowest BCUT2D eigenvalue weighted by Gasteiger charge is -2.34. The Hall–Kier alpha value is -3.86. The van der Waals surface area contributed by atoms with Crippen LogP contribution in [0.25, 0.3) is 28.1 Å². The Bertz CT molecular complexity index is 1390. The summed E-state index contributed by atoms with van der Waals surface area (Å²) in [5.74, 6) is 2.05. The molecule has 4 aromatic heterocycles. The van der Waals surface area contributed by atoms with E-state index >= 15 is 0 Å². The van der Waals surface area contributed by atoms with E-state index in [-0.39, 0.29) is 12.1 Å². The Morgan fingerprint density at radius 2 is 2.11 bits per heavy atom. The highest BCUT2D eigenvalue weighted by molar-refractivity contribution is 5.92. The normalized spacial score (nSPS) is 22.1. The number of likely N-dealkylation sites (N-methyl/N-ethyl adjacent to an activating group) is 1. The minimum atomic E-state index is -1.01. The molecule has 1 saturated carbocycles. The SMILES string of the molecule is CN(C)[C@@H]1CCN(c2nccc3oc(-c4cnc5ccc(O[C@H]6C[C@H](NC(=O)O)C6)nn45)cc23)C1. The van der Waals surface area contributed by atoms with Crippen LogP contribution in [-0.2, 0) is 0 Å². The number of anilines is 1. The number of nitrogens with one attached hydrogen (secondary N) is 1. The number of nitrogens with zero attached hydrogens (tertiary/aromatic N) is 6. The van der Waals surface area contributed by atoms with Gasteiger partial charge in [-0.2, -0.15) is 0 Å². The summed E-state index contributed by atoms with van der Waals surface area (Å²) in [6.07, 6.45) is 4.78. The molecule has 1 atom stereocenters. The molecule has 2 fully saturated rings. The number of aromatic nitrogens is 4. The number of imidazole rings is 1. The molecule has 182 valence electrons. The zero-order chi connectivity index (χ0) is 24.1. The molecule has 1 aliphatic heterocycles. The summed E-state index contributed by atoms with van der Waals surface area (Å²) in [5, 5.41) is 16.9. The van der Waals surface area contributed by atoms with Gasteiger partial charge in [0.05, 0.1) is 11.6 Å². The van der Waals surface area contributed by atoms with E-state index in [0.29, 0.717) is 36.2 Å². The van der Waals surface area contributed by atoms with E-state index in [1.54, 1.807) is 23.0 Å². The zero-order valence-electron chi connectivity index (χ0n) is 19.6. The average molecular weight is 478 g/mol. The van der Waals surface area contributed by atoms with Crippen molar-refractivity contribution < 1.29 is 19.1 Å². The third-order valence-electron chi connectivity index (χ3n) is 6.92. The Morgan fingerprint density at radius 1 is 1.26 bits per heavy atom. The number of hydrogen-bond acceptors (Lipinski definition) is 8. The van der Waals surface area contributed by atoms with E-state index in [2.05, 4.69) is 44.3 Å². The lowest BCUT2D eigenvalue weighted by Crippen LogP contribution is -2.48. The van der Waals surface area contributed by atoms with Crippen molar-refractivity contribution in [3.63, 3.8) is 0 Å². The number of carbonyl (C=O) groups is 1. The predicted molar refractivity (Wildman–Crippen MR) is 129 cm³/mol. The fraction of sp³-hybridized carbons (Fsp3) is 0.417. The second-order valence-corrected chi connectivity index (χ2v) is 9.45. The molecule has 1 saturated heterocycles. The standard InChI is InChI=1S/C24H27N7O4/c1-29(2)15-6-8-30(13-15)23-17-11-20(35-19(17)5-7-25-23)18-12-26-21-3-4-22(28-31(18)21)34-16-9-14(10-16)27-24(32)33/h3-5,7,11-12,14-16,27H,6,8-10,13H2,1-2H3,(H,32,33)/t14-,15-,16-/m1/s1. The first kappa shape index (κ1) is 21.7. The molecular weight excluding hydrogens is 450 g/mol. The highest BCUT2D eigenvalue weighted by Crippen LogP contribution is 2.34. The van der Waals surface area contributed by atoms with Crippen molar-refractivity contribution in [2.24, 2.45) is 0 Å². The third-order valence-corrected chi connectivity index (χ3v) is 6.92. The fourth-order valence-corrected chi connectivity index (χ4v) is 4.90. The summed E-state index contributed by atoms with van der Waals surface area (Å²) in [6.45, 7) is 1.89. The quantitative estimate of drug-likeness (QED) is 0.432. The van der Waals surface area contributed by atoms with Gasteiger partial charge in [0.2, 0.25) is 5.88 Å². The smallest absolute Gasteiger partial charge is 0.404 e. The maximum atomic E-state index is 10.8. The van der Waals surface area contributed by atoms with Gasteiger partial charge in [-0.25, -0.2) is 19.3 Å². The summed E-state index contributed by atoms with van der Waals surface area (Å²) in [7, 11) is 4.23. The van der Waals surface area contributed by atoms with Crippen molar-refractivity contribution >= 4 is 28.5 Å². The highest BCUT2D eigenvalue weighted by atomic mass is 16.5. The fourth-order valence-electron chi connectivity index (χ4n) is 4.90. The van der Waals surface area contributed by atoms with Gasteiger partial charge in [0, 0.05) is 50.3 Å². The number of rotatable bonds is 6. The summed E-state index contributed by atoms with van der Waals surface area (Å²) < 4.78 is 13.9. The number of pyridine rings is 1. The Kier molecular flexibility index (Phi) is 5.21. The number of amides is 1. The van der Waals surface area contributed by atoms with E-state index < -0.39 is 6.09 Å². The molecule has 11 heteroatoms. The molecule has 0 aromatic carbocycles. The first-order chi connectivity index (χ1) is 16.9. The molecule has 2 aliphatic rings. The first-order valence-electron chi connectivity index (χ1n) is 11.8. The minimum absolute atomic E-state index is 0.0740. The molecule has 0 radical (unpaired) electrons. The van der Waals surface area contributed by atoms with Crippen LogP contribution in [0.4, 0.5) is 10.6 Å². The Morgan fingerprint density at radius 3 is 2.89 bits per heavy atom. The molecular formula is C24H27N7O4. The lowest BCUT2D eigenvalue weighted by molar-refractivity contribution is 0.0782. The average Bonchev–Trinajstić information content (AvgIpc) is 3.54. The van der Waals surface area contributed by atoms with Crippen LogP contribution in [0.3, 0.4) is 0 Å². The number of furan rings is 1. The molecule has 4 aromatic rings. The van der Waals surface area contributed by atoms with Gasteiger partial charge in [-0.15, -0.1) is 5.10 Å². The maximum Gasteiger partial charge on any atom is 0.404 e. The van der Waals surface area contributed by atoms with Crippen molar-refractivity contribution in [3.8, 4) is 17.3 Å². The van der Waals surface area contributed by atoms with Crippen LogP contribution < -0.4 is 15.0 Å². The summed E-state index contributed by atoms with van der Waals surface area (Å²) in [6, 6.07) is 7.94. The van der Waals surface area contributed by atoms with Gasteiger partial charge in [0.25, 0.3) is 0 Å². The molecule has 0 spiro atoms. The van der Waals surface area contributed by atoms with Crippen LogP contribution >= 0.6 is 0 Å². The summed E-state index contributed by atoms with van der Waals surface area (Å²) in [4.78, 5) is 24.5. The van der Waals surface area contributed by atoms with Crippen molar-refractivity contribution in [1.82, 2.24) is 29.8 Å². The van der Waals surface area contributed by atoms with Gasteiger partial charge in [-0.05, 0) is 38.7 Å². The van der Waals surface area contributed by atoms with E-state index in [4.69, 9.17) is 14.3 Å². The van der Waals surface area contributed by atoms with E-state index in [1.165, 1.54) is 0 Å². The van der Waals surface area contributed by atoms with Gasteiger partial charge in [-0.1, -0.05) is 0 Å². The molecule has 0 unspecified atom stereocenters. The molecule has 11 nitrogen and oxygen atoms in total. The highest BCUT2D eigenvalue weighted by Gasteiger charge is 2.32. The maximum absolute atomic E-state index is 10.8. The van der Waals surface area contributed by atoms with Crippen LogP contribution in [0.5, 0.6) is 5.88 Å². The Balaban J connectivity index is 1.27. The third kappa shape index (κ3) is 4.01.